The molecule has 2 aromatic carbocycles. The molecule has 0 aliphatic heterocycles. The first-order valence-corrected chi connectivity index (χ1v) is 7.06. The van der Waals surface area contributed by atoms with Crippen molar-refractivity contribution in [3.05, 3.63) is 57.5 Å². The number of anilines is 1. The van der Waals surface area contributed by atoms with Gasteiger partial charge in [-0.2, -0.15) is 0 Å². The van der Waals surface area contributed by atoms with Gasteiger partial charge >= 0.3 is 6.03 Å². The first-order chi connectivity index (χ1) is 10.0. The number of carbonyl (C=O) groups excluding carboxylic acids is 1. The van der Waals surface area contributed by atoms with Crippen LogP contribution in [0, 0.1) is 0 Å². The van der Waals surface area contributed by atoms with Gasteiger partial charge in [-0.15, -0.1) is 0 Å². The number of urea groups is 1. The minimum Gasteiger partial charge on any atom is -0.473 e. The molecular formula is C14H11Cl3N2O2. The van der Waals surface area contributed by atoms with Crippen LogP contribution in [0.2, 0.25) is 15.1 Å². The number of rotatable bonds is 4. The molecule has 0 heterocycles. The zero-order valence-corrected chi connectivity index (χ0v) is 13.0. The van der Waals surface area contributed by atoms with Gasteiger partial charge in [0, 0.05) is 10.0 Å². The Kier molecular flexibility index (Phi) is 5.56. The van der Waals surface area contributed by atoms with E-state index in [0.29, 0.717) is 26.5 Å². The van der Waals surface area contributed by atoms with Crippen LogP contribution < -0.4 is 15.4 Å². The number of carbonyl (C=O) groups is 1. The molecule has 2 N–H and O–H groups in total. The van der Waals surface area contributed by atoms with Crippen LogP contribution in [0.4, 0.5) is 10.5 Å². The van der Waals surface area contributed by atoms with Gasteiger partial charge < -0.3 is 15.4 Å². The standard InChI is InChI=1S/C14H11Cl3N2O2/c15-9-1-4-11(5-2-9)21-8-18-14(20)19-13-7-10(16)3-6-12(13)17/h1-7H,8H2,(H2,18,19,20). The highest BCUT2D eigenvalue weighted by molar-refractivity contribution is 6.35. The maximum Gasteiger partial charge on any atom is 0.321 e. The molecule has 0 saturated heterocycles. The van der Waals surface area contributed by atoms with Crippen molar-refractivity contribution in [1.29, 1.82) is 0 Å². The number of hydrogen-bond donors (Lipinski definition) is 2. The molecule has 0 fully saturated rings. The third-order valence-electron chi connectivity index (χ3n) is 2.46. The first kappa shape index (κ1) is 15.8. The molecule has 7 heteroatoms. The van der Waals surface area contributed by atoms with E-state index in [4.69, 9.17) is 39.5 Å². The molecule has 2 rings (SSSR count). The van der Waals surface area contributed by atoms with E-state index in [-0.39, 0.29) is 6.73 Å². The fourth-order valence-electron chi connectivity index (χ4n) is 1.48. The summed E-state index contributed by atoms with van der Waals surface area (Å²) in [4.78, 5) is 11.7. The number of ether oxygens (including phenoxy) is 1. The molecule has 2 amide bonds. The fraction of sp³-hybridized carbons (Fsp3) is 0.0714. The Morgan fingerprint density at radius 1 is 1.00 bits per heavy atom. The number of benzene rings is 2. The van der Waals surface area contributed by atoms with Crippen molar-refractivity contribution in [1.82, 2.24) is 5.32 Å². The second kappa shape index (κ2) is 7.41. The summed E-state index contributed by atoms with van der Waals surface area (Å²) in [6.45, 7) is 0.00561. The fourth-order valence-corrected chi connectivity index (χ4v) is 1.94. The van der Waals surface area contributed by atoms with Crippen molar-refractivity contribution in [2.45, 2.75) is 0 Å². The van der Waals surface area contributed by atoms with Gasteiger partial charge in [0.05, 0.1) is 10.7 Å². The van der Waals surface area contributed by atoms with Crippen molar-refractivity contribution in [3.8, 4) is 5.75 Å². The SMILES string of the molecule is O=C(NCOc1ccc(Cl)cc1)Nc1cc(Cl)ccc1Cl. The maximum atomic E-state index is 11.7. The van der Waals surface area contributed by atoms with Crippen molar-refractivity contribution < 1.29 is 9.53 Å². The van der Waals surface area contributed by atoms with Gasteiger partial charge in [0.1, 0.15) is 5.75 Å². The Morgan fingerprint density at radius 3 is 2.38 bits per heavy atom. The molecule has 0 aromatic heterocycles. The molecule has 0 unspecified atom stereocenters. The lowest BCUT2D eigenvalue weighted by Gasteiger charge is -2.10. The van der Waals surface area contributed by atoms with Gasteiger partial charge in [-0.25, -0.2) is 4.79 Å². The smallest absolute Gasteiger partial charge is 0.321 e. The summed E-state index contributed by atoms with van der Waals surface area (Å²) in [7, 11) is 0. The molecular weight excluding hydrogens is 335 g/mol. The summed E-state index contributed by atoms with van der Waals surface area (Å²) in [5, 5.41) is 6.60. The quantitative estimate of drug-likeness (QED) is 0.782. The van der Waals surface area contributed by atoms with Crippen LogP contribution >= 0.6 is 34.8 Å². The zero-order chi connectivity index (χ0) is 15.2. The third kappa shape index (κ3) is 5.01. The van der Waals surface area contributed by atoms with E-state index >= 15 is 0 Å². The lowest BCUT2D eigenvalue weighted by Crippen LogP contribution is -2.32. The van der Waals surface area contributed by atoms with Crippen molar-refractivity contribution in [2.75, 3.05) is 12.0 Å². The highest BCUT2D eigenvalue weighted by Gasteiger charge is 2.06. The molecule has 4 nitrogen and oxygen atoms in total. The highest BCUT2D eigenvalue weighted by Crippen LogP contribution is 2.25. The van der Waals surface area contributed by atoms with E-state index in [0.717, 1.165) is 0 Å². The van der Waals surface area contributed by atoms with Gasteiger partial charge in [0.2, 0.25) is 0 Å². The van der Waals surface area contributed by atoms with Crippen molar-refractivity contribution >= 4 is 46.5 Å². The van der Waals surface area contributed by atoms with Crippen molar-refractivity contribution in [3.63, 3.8) is 0 Å². The number of amides is 2. The predicted molar refractivity (Wildman–Crippen MR) is 85.6 cm³/mol. The summed E-state index contributed by atoms with van der Waals surface area (Å²) in [6.07, 6.45) is 0. The number of halogens is 3. The van der Waals surface area contributed by atoms with E-state index < -0.39 is 6.03 Å². The van der Waals surface area contributed by atoms with Crippen LogP contribution in [-0.4, -0.2) is 12.8 Å². The molecule has 0 radical (unpaired) electrons. The van der Waals surface area contributed by atoms with Crippen LogP contribution in [-0.2, 0) is 0 Å². The Hall–Kier alpha value is -1.62. The summed E-state index contributed by atoms with van der Waals surface area (Å²) in [5.74, 6) is 0.598. The molecule has 21 heavy (non-hydrogen) atoms. The summed E-state index contributed by atoms with van der Waals surface area (Å²) >= 11 is 17.5. The topological polar surface area (TPSA) is 50.4 Å². The molecule has 2 aromatic rings. The summed E-state index contributed by atoms with van der Waals surface area (Å²) < 4.78 is 5.33. The van der Waals surface area contributed by atoms with Crippen LogP contribution in [0.25, 0.3) is 0 Å². The summed E-state index contributed by atoms with van der Waals surface area (Å²) in [6, 6.07) is 11.1. The molecule has 0 bridgehead atoms. The van der Waals surface area contributed by atoms with Gasteiger partial charge in [0.15, 0.2) is 6.73 Å². The molecule has 0 aliphatic rings. The van der Waals surface area contributed by atoms with E-state index in [1.54, 1.807) is 42.5 Å². The van der Waals surface area contributed by atoms with Gasteiger partial charge in [-0.05, 0) is 42.5 Å². The largest absolute Gasteiger partial charge is 0.473 e. The van der Waals surface area contributed by atoms with Gasteiger partial charge in [0.25, 0.3) is 0 Å². The lowest BCUT2D eigenvalue weighted by molar-refractivity contribution is 0.234. The van der Waals surface area contributed by atoms with E-state index in [1.165, 1.54) is 0 Å². The highest BCUT2D eigenvalue weighted by atomic mass is 35.5. The Morgan fingerprint density at radius 2 is 1.67 bits per heavy atom. The lowest BCUT2D eigenvalue weighted by atomic mass is 10.3. The van der Waals surface area contributed by atoms with Gasteiger partial charge in [-0.1, -0.05) is 34.8 Å². The average molecular weight is 346 g/mol. The van der Waals surface area contributed by atoms with Gasteiger partial charge in [-0.3, -0.25) is 0 Å². The van der Waals surface area contributed by atoms with E-state index in [1.807, 2.05) is 0 Å². The average Bonchev–Trinajstić information content (AvgIpc) is 2.45. The first-order valence-electron chi connectivity index (χ1n) is 5.93. The molecule has 110 valence electrons. The monoisotopic (exact) mass is 344 g/mol. The number of hydrogen-bond acceptors (Lipinski definition) is 2. The van der Waals surface area contributed by atoms with Crippen molar-refractivity contribution in [2.24, 2.45) is 0 Å². The van der Waals surface area contributed by atoms with E-state index in [2.05, 4.69) is 10.6 Å². The number of nitrogens with one attached hydrogen (secondary N) is 2. The third-order valence-corrected chi connectivity index (χ3v) is 3.28. The zero-order valence-electron chi connectivity index (χ0n) is 10.7. The minimum absolute atomic E-state index is 0.00561. The second-order valence-electron chi connectivity index (χ2n) is 4.00. The van der Waals surface area contributed by atoms with Crippen LogP contribution in [0.3, 0.4) is 0 Å². The Labute approximate surface area is 137 Å². The predicted octanol–water partition coefficient (Wildman–Crippen LogP) is 4.80. The second-order valence-corrected chi connectivity index (χ2v) is 5.28. The molecule has 0 spiro atoms. The van der Waals surface area contributed by atoms with Crippen LogP contribution in [0.5, 0.6) is 5.75 Å². The molecule has 0 saturated carbocycles. The van der Waals surface area contributed by atoms with E-state index in [9.17, 15) is 4.79 Å². The minimum atomic E-state index is -0.451. The normalized spacial score (nSPS) is 10.0. The molecule has 0 aliphatic carbocycles. The summed E-state index contributed by atoms with van der Waals surface area (Å²) in [5.41, 5.74) is 0.424. The Bertz CT molecular complexity index is 633. The maximum absolute atomic E-state index is 11.7. The van der Waals surface area contributed by atoms with Crippen LogP contribution in [0.15, 0.2) is 42.5 Å². The Balaban J connectivity index is 1.82. The molecule has 0 atom stereocenters. The van der Waals surface area contributed by atoms with Crippen LogP contribution in [0.1, 0.15) is 0 Å².